The van der Waals surface area contributed by atoms with Crippen LogP contribution < -0.4 is 4.90 Å². The predicted octanol–water partition coefficient (Wildman–Crippen LogP) is 3.74. The lowest BCUT2D eigenvalue weighted by Gasteiger charge is -2.34. The highest BCUT2D eigenvalue weighted by Gasteiger charge is 2.43. The van der Waals surface area contributed by atoms with Crippen molar-refractivity contribution in [1.82, 2.24) is 9.80 Å². The number of rotatable bonds is 4. The average molecular weight is 422 g/mol. The number of carbonyl (C=O) groups excluding carboxylic acids is 2. The van der Waals surface area contributed by atoms with Crippen LogP contribution in [0.15, 0.2) is 58.0 Å². The molecule has 2 aromatic rings. The lowest BCUT2D eigenvalue weighted by molar-refractivity contribution is -0.121. The first-order valence-electron chi connectivity index (χ1n) is 10.2. The molecule has 4 rings (SSSR count). The van der Waals surface area contributed by atoms with Gasteiger partial charge in [-0.25, -0.2) is 4.90 Å². The van der Waals surface area contributed by atoms with E-state index < -0.39 is 0 Å². The quantitative estimate of drug-likeness (QED) is 0.704. The van der Waals surface area contributed by atoms with Crippen molar-refractivity contribution >= 4 is 29.3 Å². The summed E-state index contributed by atoms with van der Waals surface area (Å²) in [4.78, 5) is 34.2. The molecule has 1 fully saturated rings. The van der Waals surface area contributed by atoms with E-state index in [1.54, 1.807) is 0 Å². The lowest BCUT2D eigenvalue weighted by atomic mass is 10.1. The van der Waals surface area contributed by atoms with Gasteiger partial charge < -0.3 is 9.80 Å². The fourth-order valence-corrected chi connectivity index (χ4v) is 4.94. The smallest absolute Gasteiger partial charge is 0.283 e. The van der Waals surface area contributed by atoms with Crippen molar-refractivity contribution in [2.24, 2.45) is 0 Å². The van der Waals surface area contributed by atoms with Gasteiger partial charge in [0.25, 0.3) is 11.8 Å². The normalized spacial score (nSPS) is 18.0. The van der Waals surface area contributed by atoms with Gasteiger partial charge in [0.1, 0.15) is 10.6 Å². The molecule has 0 atom stereocenters. The molecule has 0 N–H and O–H groups in total. The van der Waals surface area contributed by atoms with Crippen LogP contribution in [0.25, 0.3) is 0 Å². The first-order chi connectivity index (χ1) is 14.3. The maximum absolute atomic E-state index is 13.6. The summed E-state index contributed by atoms with van der Waals surface area (Å²) in [6, 6.07) is 13.9. The highest BCUT2D eigenvalue weighted by Crippen LogP contribution is 2.39. The number of anilines is 1. The summed E-state index contributed by atoms with van der Waals surface area (Å²) in [5.74, 6) is -0.450. The fraction of sp³-hybridized carbons (Fsp3) is 0.333. The number of carbonyl (C=O) groups is 2. The Hall–Kier alpha value is -2.57. The summed E-state index contributed by atoms with van der Waals surface area (Å²) >= 11 is 1.39. The molecule has 2 heterocycles. The molecule has 2 amide bonds. The van der Waals surface area contributed by atoms with Gasteiger partial charge in [0.15, 0.2) is 0 Å². The molecule has 2 aromatic carbocycles. The molecule has 6 heteroatoms. The number of piperazine rings is 1. The molecular weight excluding hydrogens is 394 g/mol. The molecule has 2 aliphatic rings. The van der Waals surface area contributed by atoms with Crippen molar-refractivity contribution in [2.75, 3.05) is 38.1 Å². The molecule has 0 radical (unpaired) electrons. The second-order valence-electron chi connectivity index (χ2n) is 8.17. The Kier molecular flexibility index (Phi) is 5.71. The summed E-state index contributed by atoms with van der Waals surface area (Å²) in [5.41, 5.74) is 4.42. The van der Waals surface area contributed by atoms with E-state index >= 15 is 0 Å². The molecule has 1 saturated heterocycles. The number of imide groups is 1. The van der Waals surface area contributed by atoms with Gasteiger partial charge >= 0.3 is 0 Å². The summed E-state index contributed by atoms with van der Waals surface area (Å²) in [6.45, 7) is 9.23. The SMILES string of the molecule is Cc1ccc(SC2=C(N3CCN(C)CC3)C(=O)N(c3cc(C)cc(C)c3)C2=O)cc1. The van der Waals surface area contributed by atoms with Crippen LogP contribution in [0.2, 0.25) is 0 Å². The van der Waals surface area contributed by atoms with Crippen molar-refractivity contribution in [1.29, 1.82) is 0 Å². The number of benzene rings is 2. The Morgan fingerprint density at radius 1 is 0.767 bits per heavy atom. The Labute approximate surface area is 182 Å². The van der Waals surface area contributed by atoms with Gasteiger partial charge in [-0.2, -0.15) is 0 Å². The van der Waals surface area contributed by atoms with Crippen LogP contribution in [0, 0.1) is 20.8 Å². The van der Waals surface area contributed by atoms with E-state index in [0.717, 1.165) is 42.2 Å². The number of nitrogens with zero attached hydrogens (tertiary/aromatic N) is 3. The molecule has 0 saturated carbocycles. The number of aryl methyl sites for hydroxylation is 3. The van der Waals surface area contributed by atoms with Gasteiger partial charge in [-0.15, -0.1) is 0 Å². The van der Waals surface area contributed by atoms with E-state index in [4.69, 9.17) is 0 Å². The molecule has 5 nitrogen and oxygen atoms in total. The van der Waals surface area contributed by atoms with Gasteiger partial charge in [-0.05, 0) is 63.2 Å². The lowest BCUT2D eigenvalue weighted by Crippen LogP contribution is -2.46. The van der Waals surface area contributed by atoms with Crippen molar-refractivity contribution in [3.05, 3.63) is 69.8 Å². The zero-order chi connectivity index (χ0) is 21.4. The molecule has 2 aliphatic heterocycles. The number of hydrogen-bond donors (Lipinski definition) is 0. The van der Waals surface area contributed by atoms with Gasteiger partial charge in [0.2, 0.25) is 0 Å². The summed E-state index contributed by atoms with van der Waals surface area (Å²) in [7, 11) is 2.08. The molecule has 0 aromatic heterocycles. The maximum Gasteiger partial charge on any atom is 0.283 e. The average Bonchev–Trinajstić information content (AvgIpc) is 2.93. The number of hydrogen-bond acceptors (Lipinski definition) is 5. The number of likely N-dealkylation sites (N-methyl/N-ethyl adjacent to an activating group) is 1. The molecule has 30 heavy (non-hydrogen) atoms. The second-order valence-corrected chi connectivity index (χ2v) is 9.26. The molecule has 0 spiro atoms. The molecule has 156 valence electrons. The van der Waals surface area contributed by atoms with E-state index in [1.807, 2.05) is 63.2 Å². The largest absolute Gasteiger partial charge is 0.363 e. The highest BCUT2D eigenvalue weighted by atomic mass is 32.2. The van der Waals surface area contributed by atoms with Crippen molar-refractivity contribution in [3.8, 4) is 0 Å². The molecule has 0 bridgehead atoms. The zero-order valence-electron chi connectivity index (χ0n) is 17.9. The topological polar surface area (TPSA) is 43.9 Å². The Bertz CT molecular complexity index is 1000. The third-order valence-electron chi connectivity index (χ3n) is 5.54. The maximum atomic E-state index is 13.6. The van der Waals surface area contributed by atoms with E-state index in [1.165, 1.54) is 22.2 Å². The van der Waals surface area contributed by atoms with Crippen molar-refractivity contribution in [2.45, 2.75) is 25.7 Å². The second kappa shape index (κ2) is 8.28. The van der Waals surface area contributed by atoms with Crippen LogP contribution in [-0.4, -0.2) is 54.8 Å². The number of amides is 2. The van der Waals surface area contributed by atoms with Crippen LogP contribution >= 0.6 is 11.8 Å². The number of thioether (sulfide) groups is 1. The van der Waals surface area contributed by atoms with Gasteiger partial charge in [-0.1, -0.05) is 35.5 Å². The molecular formula is C24H27N3O2S. The van der Waals surface area contributed by atoms with Gasteiger partial charge in [0, 0.05) is 31.1 Å². The minimum Gasteiger partial charge on any atom is -0.363 e. The fourth-order valence-electron chi connectivity index (χ4n) is 3.94. The Morgan fingerprint density at radius 3 is 1.97 bits per heavy atom. The predicted molar refractivity (Wildman–Crippen MR) is 122 cm³/mol. The van der Waals surface area contributed by atoms with Crippen molar-refractivity contribution in [3.63, 3.8) is 0 Å². The van der Waals surface area contributed by atoms with Gasteiger partial charge in [-0.3, -0.25) is 9.59 Å². The molecule has 0 aliphatic carbocycles. The van der Waals surface area contributed by atoms with Crippen molar-refractivity contribution < 1.29 is 9.59 Å². The first-order valence-corrected chi connectivity index (χ1v) is 11.0. The zero-order valence-corrected chi connectivity index (χ0v) is 18.8. The highest BCUT2D eigenvalue weighted by molar-refractivity contribution is 8.04. The Balaban J connectivity index is 1.74. The summed E-state index contributed by atoms with van der Waals surface area (Å²) in [6.07, 6.45) is 0. The van der Waals surface area contributed by atoms with Gasteiger partial charge in [0.05, 0.1) is 5.69 Å². The van der Waals surface area contributed by atoms with Crippen LogP contribution in [0.1, 0.15) is 16.7 Å². The van der Waals surface area contributed by atoms with Crippen LogP contribution in [-0.2, 0) is 9.59 Å². The summed E-state index contributed by atoms with van der Waals surface area (Å²) in [5, 5.41) is 0. The summed E-state index contributed by atoms with van der Waals surface area (Å²) < 4.78 is 0. The standard InChI is InChI=1S/C24H27N3O2S/c1-16-5-7-20(8-6-16)30-22-21(26-11-9-25(4)10-12-26)23(28)27(24(22)29)19-14-17(2)13-18(3)15-19/h5-8,13-15H,9-12H2,1-4H3. The van der Waals surface area contributed by atoms with E-state index in [9.17, 15) is 9.59 Å². The first kappa shape index (κ1) is 20.7. The minimum atomic E-state index is -0.232. The third kappa shape index (κ3) is 4.02. The van der Waals surface area contributed by atoms with Crippen LogP contribution in [0.5, 0.6) is 0 Å². The monoisotopic (exact) mass is 421 g/mol. The Morgan fingerprint density at radius 2 is 1.37 bits per heavy atom. The van der Waals surface area contributed by atoms with Crippen LogP contribution in [0.3, 0.4) is 0 Å². The minimum absolute atomic E-state index is 0.218. The van der Waals surface area contributed by atoms with Crippen LogP contribution in [0.4, 0.5) is 5.69 Å². The third-order valence-corrected chi connectivity index (χ3v) is 6.62. The van der Waals surface area contributed by atoms with E-state index in [-0.39, 0.29) is 11.8 Å². The van der Waals surface area contributed by atoms with E-state index in [2.05, 4.69) is 16.8 Å². The van der Waals surface area contributed by atoms with E-state index in [0.29, 0.717) is 16.3 Å². The molecule has 0 unspecified atom stereocenters.